The van der Waals surface area contributed by atoms with Crippen molar-refractivity contribution < 1.29 is 14.3 Å². The summed E-state index contributed by atoms with van der Waals surface area (Å²) < 4.78 is 6.70. The number of halogens is 1. The van der Waals surface area contributed by atoms with Crippen LogP contribution >= 0.6 is 11.6 Å². The Labute approximate surface area is 172 Å². The summed E-state index contributed by atoms with van der Waals surface area (Å²) in [6.45, 7) is 1.86. The number of nitrogens with one attached hydrogen (secondary N) is 2. The standard InChI is InChI=1S/C21H19ClN4O3/c1-12-19(13-4-3-5-14(22)10-13)25-26-17(11-18(27)24-20(12)26)21(28)23-15-6-8-16(29-2)9-7-15/h3-10,17H,11H2,1-2H3,(H,23,28)(H,24,27)/t17-/m1/s1. The molecule has 148 valence electrons. The van der Waals surface area contributed by atoms with Gasteiger partial charge in [-0.1, -0.05) is 23.7 Å². The first kappa shape index (κ1) is 19.0. The van der Waals surface area contributed by atoms with Gasteiger partial charge < -0.3 is 15.4 Å². The number of aromatic nitrogens is 2. The Kier molecular flexibility index (Phi) is 4.98. The van der Waals surface area contributed by atoms with E-state index in [1.807, 2.05) is 19.1 Å². The molecule has 0 saturated heterocycles. The highest BCUT2D eigenvalue weighted by Crippen LogP contribution is 2.35. The van der Waals surface area contributed by atoms with Crippen molar-refractivity contribution in [2.75, 3.05) is 17.7 Å². The second kappa shape index (κ2) is 7.60. The molecular weight excluding hydrogens is 392 g/mol. The van der Waals surface area contributed by atoms with Crippen LogP contribution in [0.1, 0.15) is 18.0 Å². The Hall–Kier alpha value is -3.32. The fourth-order valence-electron chi connectivity index (χ4n) is 3.35. The number of hydrogen-bond acceptors (Lipinski definition) is 4. The van der Waals surface area contributed by atoms with Gasteiger partial charge in [0, 0.05) is 21.8 Å². The van der Waals surface area contributed by atoms with Gasteiger partial charge in [0.1, 0.15) is 17.6 Å². The van der Waals surface area contributed by atoms with E-state index in [0.29, 0.717) is 28.0 Å². The molecule has 4 rings (SSSR count). The van der Waals surface area contributed by atoms with Crippen LogP contribution in [0.25, 0.3) is 11.3 Å². The van der Waals surface area contributed by atoms with Gasteiger partial charge >= 0.3 is 0 Å². The number of ether oxygens (including phenoxy) is 1. The van der Waals surface area contributed by atoms with Crippen molar-refractivity contribution in [1.82, 2.24) is 9.78 Å². The summed E-state index contributed by atoms with van der Waals surface area (Å²) in [7, 11) is 1.58. The predicted octanol–water partition coefficient (Wildman–Crippen LogP) is 4.04. The summed E-state index contributed by atoms with van der Waals surface area (Å²) >= 11 is 6.11. The average Bonchev–Trinajstić information content (AvgIpc) is 3.04. The maximum Gasteiger partial charge on any atom is 0.249 e. The lowest BCUT2D eigenvalue weighted by Crippen LogP contribution is -2.35. The van der Waals surface area contributed by atoms with Crippen molar-refractivity contribution >= 4 is 34.9 Å². The van der Waals surface area contributed by atoms with E-state index in [0.717, 1.165) is 11.1 Å². The molecule has 0 aliphatic carbocycles. The molecule has 0 bridgehead atoms. The van der Waals surface area contributed by atoms with E-state index >= 15 is 0 Å². The van der Waals surface area contributed by atoms with Crippen LogP contribution < -0.4 is 15.4 Å². The van der Waals surface area contributed by atoms with E-state index in [4.69, 9.17) is 16.3 Å². The van der Waals surface area contributed by atoms with E-state index in [-0.39, 0.29) is 18.2 Å². The van der Waals surface area contributed by atoms with E-state index in [1.54, 1.807) is 48.2 Å². The molecule has 2 aromatic carbocycles. The van der Waals surface area contributed by atoms with Crippen LogP contribution in [-0.4, -0.2) is 28.7 Å². The molecule has 7 nitrogen and oxygen atoms in total. The van der Waals surface area contributed by atoms with Gasteiger partial charge in [0.05, 0.1) is 19.2 Å². The van der Waals surface area contributed by atoms with Crippen molar-refractivity contribution in [1.29, 1.82) is 0 Å². The Bertz CT molecular complexity index is 1090. The molecule has 0 spiro atoms. The number of amides is 2. The predicted molar refractivity (Wildman–Crippen MR) is 111 cm³/mol. The molecule has 0 saturated carbocycles. The van der Waals surface area contributed by atoms with Crippen LogP contribution in [0, 0.1) is 6.92 Å². The first-order chi connectivity index (χ1) is 14.0. The molecular formula is C21H19ClN4O3. The lowest BCUT2D eigenvalue weighted by atomic mass is 10.1. The summed E-state index contributed by atoms with van der Waals surface area (Å²) in [6, 6.07) is 13.5. The minimum Gasteiger partial charge on any atom is -0.497 e. The third-order valence-corrected chi connectivity index (χ3v) is 5.07. The summed E-state index contributed by atoms with van der Waals surface area (Å²) in [5.74, 6) is 0.668. The fraction of sp³-hybridized carbons (Fsp3) is 0.190. The van der Waals surface area contributed by atoms with Crippen LogP contribution in [0.15, 0.2) is 48.5 Å². The molecule has 2 N–H and O–H groups in total. The molecule has 2 heterocycles. The first-order valence-electron chi connectivity index (χ1n) is 9.06. The maximum atomic E-state index is 12.9. The van der Waals surface area contributed by atoms with E-state index in [2.05, 4.69) is 15.7 Å². The van der Waals surface area contributed by atoms with Gasteiger partial charge in [-0.15, -0.1) is 0 Å². The summed E-state index contributed by atoms with van der Waals surface area (Å²) in [5, 5.41) is 10.9. The number of anilines is 2. The topological polar surface area (TPSA) is 85.2 Å². The number of benzene rings is 2. The smallest absolute Gasteiger partial charge is 0.249 e. The number of methoxy groups -OCH3 is 1. The number of fused-ring (bicyclic) bond motifs is 1. The molecule has 0 fully saturated rings. The highest BCUT2D eigenvalue weighted by molar-refractivity contribution is 6.30. The van der Waals surface area contributed by atoms with Crippen molar-refractivity contribution in [3.8, 4) is 17.0 Å². The van der Waals surface area contributed by atoms with E-state index in [1.165, 1.54) is 0 Å². The average molecular weight is 411 g/mol. The molecule has 1 aromatic heterocycles. The minimum absolute atomic E-state index is 0.00505. The summed E-state index contributed by atoms with van der Waals surface area (Å²) in [6.07, 6.45) is 0.00505. The number of nitrogens with zero attached hydrogens (tertiary/aromatic N) is 2. The monoisotopic (exact) mass is 410 g/mol. The molecule has 0 unspecified atom stereocenters. The second-order valence-corrected chi connectivity index (χ2v) is 7.20. The number of carbonyl (C=O) groups excluding carboxylic acids is 2. The van der Waals surface area contributed by atoms with Crippen molar-refractivity contribution in [3.05, 3.63) is 59.1 Å². The molecule has 1 aliphatic heterocycles. The van der Waals surface area contributed by atoms with E-state index in [9.17, 15) is 9.59 Å². The largest absolute Gasteiger partial charge is 0.497 e. The van der Waals surface area contributed by atoms with E-state index < -0.39 is 6.04 Å². The maximum absolute atomic E-state index is 12.9. The van der Waals surface area contributed by atoms with Gasteiger partial charge in [-0.05, 0) is 43.3 Å². The molecule has 2 amide bonds. The van der Waals surface area contributed by atoms with Crippen LogP contribution in [0.4, 0.5) is 11.5 Å². The van der Waals surface area contributed by atoms with Gasteiger partial charge in [0.25, 0.3) is 0 Å². The molecule has 1 atom stereocenters. The van der Waals surface area contributed by atoms with Crippen LogP contribution in [-0.2, 0) is 9.59 Å². The zero-order valence-electron chi connectivity index (χ0n) is 15.9. The van der Waals surface area contributed by atoms with Crippen LogP contribution in [0.2, 0.25) is 5.02 Å². The lowest BCUT2D eigenvalue weighted by molar-refractivity contribution is -0.125. The Morgan fingerprint density at radius 3 is 2.72 bits per heavy atom. The number of rotatable bonds is 4. The van der Waals surface area contributed by atoms with Gasteiger partial charge in [-0.3, -0.25) is 9.59 Å². The zero-order chi connectivity index (χ0) is 20.5. The fourth-order valence-corrected chi connectivity index (χ4v) is 3.54. The SMILES string of the molecule is COc1ccc(NC(=O)[C@H]2CC(=O)Nc3c(C)c(-c4cccc(Cl)c4)nn32)cc1. The lowest BCUT2D eigenvalue weighted by Gasteiger charge is -2.24. The normalized spacial score (nSPS) is 15.4. The highest BCUT2D eigenvalue weighted by atomic mass is 35.5. The first-order valence-corrected chi connectivity index (χ1v) is 9.44. The van der Waals surface area contributed by atoms with Gasteiger partial charge in [-0.2, -0.15) is 5.10 Å². The Morgan fingerprint density at radius 1 is 1.28 bits per heavy atom. The molecule has 3 aromatic rings. The highest BCUT2D eigenvalue weighted by Gasteiger charge is 2.34. The Morgan fingerprint density at radius 2 is 2.03 bits per heavy atom. The van der Waals surface area contributed by atoms with Gasteiger partial charge in [0.15, 0.2) is 0 Å². The van der Waals surface area contributed by atoms with Gasteiger partial charge in [0.2, 0.25) is 11.8 Å². The summed E-state index contributed by atoms with van der Waals surface area (Å²) in [5.41, 5.74) is 2.89. The van der Waals surface area contributed by atoms with Crippen molar-refractivity contribution in [2.45, 2.75) is 19.4 Å². The number of carbonyl (C=O) groups is 2. The van der Waals surface area contributed by atoms with Crippen molar-refractivity contribution in [2.24, 2.45) is 0 Å². The summed E-state index contributed by atoms with van der Waals surface area (Å²) in [4.78, 5) is 25.2. The van der Waals surface area contributed by atoms with Crippen LogP contribution in [0.5, 0.6) is 5.75 Å². The third kappa shape index (κ3) is 3.69. The zero-order valence-corrected chi connectivity index (χ0v) is 16.7. The quantitative estimate of drug-likeness (QED) is 0.679. The Balaban J connectivity index is 1.67. The molecule has 1 aliphatic rings. The minimum atomic E-state index is -0.757. The molecule has 29 heavy (non-hydrogen) atoms. The van der Waals surface area contributed by atoms with Gasteiger partial charge in [-0.25, -0.2) is 4.68 Å². The number of hydrogen-bond donors (Lipinski definition) is 2. The second-order valence-electron chi connectivity index (χ2n) is 6.76. The third-order valence-electron chi connectivity index (χ3n) is 4.84. The molecule has 0 radical (unpaired) electrons. The van der Waals surface area contributed by atoms with Crippen molar-refractivity contribution in [3.63, 3.8) is 0 Å². The van der Waals surface area contributed by atoms with Crippen LogP contribution in [0.3, 0.4) is 0 Å². The molecule has 8 heteroatoms.